The van der Waals surface area contributed by atoms with Gasteiger partial charge in [0.2, 0.25) is 5.43 Å². The van der Waals surface area contributed by atoms with Crippen LogP contribution in [-0.4, -0.2) is 50.9 Å². The molecule has 3 N–H and O–H groups in total. The fourth-order valence-electron chi connectivity index (χ4n) is 4.20. The SMILES string of the molecule is Cl.O=C(O)c1cn(-c2ccc(O)cc2)c2nc(N3C[C@@H]4C[C@H]3CN4)c(F)cc2c1=O. The first-order chi connectivity index (χ1) is 13.9. The number of halogens is 2. The third-order valence-electron chi connectivity index (χ3n) is 5.60. The number of anilines is 1. The summed E-state index contributed by atoms with van der Waals surface area (Å²) in [6.45, 7) is 1.36. The standard InChI is InChI=1S/C20H17FN4O4.ClH/c21-16-6-14-17(27)15(20(28)29)9-25(11-1-3-13(26)4-2-11)18(14)23-19(16)24-8-10-5-12(24)7-22-10;/h1-4,6,9-10,12,22,26H,5,7-8H2,(H,28,29);1H/t10-,12-;/m0./s1. The fourth-order valence-corrected chi connectivity index (χ4v) is 4.20. The molecule has 2 saturated heterocycles. The van der Waals surface area contributed by atoms with Crippen LogP contribution in [-0.2, 0) is 0 Å². The Morgan fingerprint density at radius 3 is 2.60 bits per heavy atom. The maximum absolute atomic E-state index is 14.9. The van der Waals surface area contributed by atoms with Crippen molar-refractivity contribution in [3.05, 3.63) is 58.1 Å². The van der Waals surface area contributed by atoms with Crippen molar-refractivity contribution >= 4 is 35.2 Å². The summed E-state index contributed by atoms with van der Waals surface area (Å²) in [5.41, 5.74) is -0.614. The maximum atomic E-state index is 14.9. The van der Waals surface area contributed by atoms with E-state index in [1.165, 1.54) is 22.9 Å². The molecule has 2 aliphatic heterocycles. The van der Waals surface area contributed by atoms with Gasteiger partial charge in [-0.25, -0.2) is 14.2 Å². The zero-order valence-electron chi connectivity index (χ0n) is 15.6. The smallest absolute Gasteiger partial charge is 0.341 e. The van der Waals surface area contributed by atoms with Crippen LogP contribution in [0.4, 0.5) is 10.2 Å². The van der Waals surface area contributed by atoms with E-state index in [1.807, 2.05) is 4.90 Å². The van der Waals surface area contributed by atoms with Gasteiger partial charge in [-0.3, -0.25) is 4.79 Å². The number of carbonyl (C=O) groups is 1. The largest absolute Gasteiger partial charge is 0.508 e. The molecule has 0 unspecified atom stereocenters. The first-order valence-corrected chi connectivity index (χ1v) is 9.21. The highest BCUT2D eigenvalue weighted by Crippen LogP contribution is 2.31. The van der Waals surface area contributed by atoms with E-state index >= 15 is 0 Å². The normalized spacial score (nSPS) is 19.8. The molecule has 2 atom stereocenters. The summed E-state index contributed by atoms with van der Waals surface area (Å²) >= 11 is 0. The molecule has 30 heavy (non-hydrogen) atoms. The Hall–Kier alpha value is -3.17. The number of phenols is 1. The molecule has 1 aromatic carbocycles. The molecule has 0 aliphatic carbocycles. The van der Waals surface area contributed by atoms with Crippen LogP contribution in [0.2, 0.25) is 0 Å². The van der Waals surface area contributed by atoms with Crippen molar-refractivity contribution in [1.82, 2.24) is 14.9 Å². The fraction of sp³-hybridized carbons (Fsp3) is 0.250. The van der Waals surface area contributed by atoms with Crippen molar-refractivity contribution in [2.75, 3.05) is 18.0 Å². The van der Waals surface area contributed by atoms with E-state index in [0.717, 1.165) is 19.0 Å². The number of pyridine rings is 2. The number of rotatable bonds is 3. The molecule has 4 heterocycles. The van der Waals surface area contributed by atoms with Crippen LogP contribution < -0.4 is 15.6 Å². The van der Waals surface area contributed by atoms with Gasteiger partial charge in [0.15, 0.2) is 17.3 Å². The molecule has 2 aliphatic rings. The predicted octanol–water partition coefficient (Wildman–Crippen LogP) is 1.90. The topological polar surface area (TPSA) is 108 Å². The molecule has 2 aromatic heterocycles. The second kappa shape index (κ2) is 7.26. The molecule has 8 nitrogen and oxygen atoms in total. The van der Waals surface area contributed by atoms with Gasteiger partial charge in [0.25, 0.3) is 0 Å². The molecule has 10 heteroatoms. The first-order valence-electron chi connectivity index (χ1n) is 9.21. The number of aromatic carboxylic acids is 1. The maximum Gasteiger partial charge on any atom is 0.341 e. The summed E-state index contributed by atoms with van der Waals surface area (Å²) in [6, 6.07) is 7.50. The molecule has 0 spiro atoms. The number of carboxylic acids is 1. The lowest BCUT2D eigenvalue weighted by molar-refractivity contribution is 0.0695. The Kier molecular flexibility index (Phi) is 4.87. The third kappa shape index (κ3) is 3.06. The van der Waals surface area contributed by atoms with Gasteiger partial charge in [-0.05, 0) is 36.8 Å². The minimum Gasteiger partial charge on any atom is -0.508 e. The van der Waals surface area contributed by atoms with E-state index in [-0.39, 0.29) is 47.1 Å². The third-order valence-corrected chi connectivity index (χ3v) is 5.60. The molecule has 0 amide bonds. The monoisotopic (exact) mass is 432 g/mol. The summed E-state index contributed by atoms with van der Waals surface area (Å²) in [5, 5.41) is 22.2. The number of carboxylic acid groups (broad SMARTS) is 1. The molecule has 0 radical (unpaired) electrons. The quantitative estimate of drug-likeness (QED) is 0.580. The Morgan fingerprint density at radius 1 is 1.27 bits per heavy atom. The zero-order valence-corrected chi connectivity index (χ0v) is 16.4. The number of hydrogen-bond acceptors (Lipinski definition) is 6. The van der Waals surface area contributed by atoms with Gasteiger partial charge in [0.1, 0.15) is 11.3 Å². The lowest BCUT2D eigenvalue weighted by atomic mass is 10.1. The number of hydrogen-bond donors (Lipinski definition) is 3. The van der Waals surface area contributed by atoms with E-state index in [0.29, 0.717) is 12.2 Å². The Labute approximate surface area is 176 Å². The molecule has 0 saturated carbocycles. The predicted molar refractivity (Wildman–Crippen MR) is 111 cm³/mol. The summed E-state index contributed by atoms with van der Waals surface area (Å²) < 4.78 is 16.4. The van der Waals surface area contributed by atoms with Gasteiger partial charge >= 0.3 is 5.97 Å². The average Bonchev–Trinajstić information content (AvgIpc) is 3.32. The summed E-state index contributed by atoms with van der Waals surface area (Å²) in [7, 11) is 0. The van der Waals surface area contributed by atoms with Crippen LogP contribution in [0.15, 0.2) is 41.3 Å². The Morgan fingerprint density at radius 2 is 2.00 bits per heavy atom. The van der Waals surface area contributed by atoms with Gasteiger partial charge in [-0.1, -0.05) is 0 Å². The van der Waals surface area contributed by atoms with Crippen molar-refractivity contribution in [2.45, 2.75) is 18.5 Å². The van der Waals surface area contributed by atoms with Crippen LogP contribution in [0.1, 0.15) is 16.8 Å². The zero-order chi connectivity index (χ0) is 20.3. The number of aromatic nitrogens is 2. The van der Waals surface area contributed by atoms with E-state index < -0.39 is 22.8 Å². The van der Waals surface area contributed by atoms with Crippen molar-refractivity contribution in [3.63, 3.8) is 0 Å². The number of nitrogens with one attached hydrogen (secondary N) is 1. The number of aromatic hydroxyl groups is 1. The first kappa shape index (κ1) is 20.1. The molecular weight excluding hydrogens is 415 g/mol. The summed E-state index contributed by atoms with van der Waals surface area (Å²) in [4.78, 5) is 30.6. The van der Waals surface area contributed by atoms with Crippen molar-refractivity contribution in [2.24, 2.45) is 0 Å². The molecule has 2 fully saturated rings. The second-order valence-electron chi connectivity index (χ2n) is 7.38. The van der Waals surface area contributed by atoms with Crippen LogP contribution in [0.5, 0.6) is 5.75 Å². The minimum atomic E-state index is -1.41. The van der Waals surface area contributed by atoms with Crippen LogP contribution in [0.25, 0.3) is 16.7 Å². The van der Waals surface area contributed by atoms with Crippen molar-refractivity contribution in [1.29, 1.82) is 0 Å². The van der Waals surface area contributed by atoms with Gasteiger partial charge in [0.05, 0.1) is 5.39 Å². The van der Waals surface area contributed by atoms with Gasteiger partial charge in [-0.15, -0.1) is 12.4 Å². The van der Waals surface area contributed by atoms with Crippen LogP contribution in [0.3, 0.4) is 0 Å². The van der Waals surface area contributed by atoms with Gasteiger partial charge in [-0.2, -0.15) is 0 Å². The minimum absolute atomic E-state index is 0. The van der Waals surface area contributed by atoms with E-state index in [1.54, 1.807) is 12.1 Å². The lowest BCUT2D eigenvalue weighted by Gasteiger charge is -2.29. The van der Waals surface area contributed by atoms with E-state index in [9.17, 15) is 24.2 Å². The van der Waals surface area contributed by atoms with Crippen LogP contribution >= 0.6 is 12.4 Å². The molecule has 156 valence electrons. The molecule has 3 aromatic rings. The molecule has 2 bridgehead atoms. The molecule has 5 rings (SSSR count). The average molecular weight is 433 g/mol. The summed E-state index contributed by atoms with van der Waals surface area (Å²) in [6.07, 6.45) is 2.09. The second-order valence-corrected chi connectivity index (χ2v) is 7.38. The highest BCUT2D eigenvalue weighted by Gasteiger charge is 2.39. The number of piperazine rings is 1. The number of fused-ring (bicyclic) bond motifs is 3. The van der Waals surface area contributed by atoms with Gasteiger partial charge < -0.3 is 25.0 Å². The highest BCUT2D eigenvalue weighted by molar-refractivity contribution is 5.92. The van der Waals surface area contributed by atoms with E-state index in [4.69, 9.17) is 0 Å². The van der Waals surface area contributed by atoms with E-state index in [2.05, 4.69) is 10.3 Å². The molecular formula is C20H18ClFN4O4. The Balaban J connectivity index is 0.00000218. The number of nitrogens with zero attached hydrogens (tertiary/aromatic N) is 3. The number of benzene rings is 1. The highest BCUT2D eigenvalue weighted by atomic mass is 35.5. The van der Waals surface area contributed by atoms with Gasteiger partial charge in [0, 0.05) is 37.1 Å². The van der Waals surface area contributed by atoms with Crippen LogP contribution in [0, 0.1) is 5.82 Å². The summed E-state index contributed by atoms with van der Waals surface area (Å²) in [5.74, 6) is -1.86. The Bertz CT molecular complexity index is 1210. The van der Waals surface area contributed by atoms with Crippen molar-refractivity contribution < 1.29 is 19.4 Å². The lowest BCUT2D eigenvalue weighted by Crippen LogP contribution is -2.44. The number of phenolic OH excluding ortho intramolecular Hbond substituents is 1. The van der Waals surface area contributed by atoms with Crippen molar-refractivity contribution in [3.8, 4) is 11.4 Å².